The van der Waals surface area contributed by atoms with Crippen LogP contribution in [-0.4, -0.2) is 37.2 Å². The van der Waals surface area contributed by atoms with Crippen molar-refractivity contribution >= 4 is 17.9 Å². The zero-order chi connectivity index (χ0) is 42.3. The Morgan fingerprint density at radius 1 is 0.379 bits per heavy atom. The molecule has 0 N–H and O–H groups in total. The van der Waals surface area contributed by atoms with E-state index < -0.39 is 6.10 Å². The highest BCUT2D eigenvalue weighted by molar-refractivity contribution is 5.71. The summed E-state index contributed by atoms with van der Waals surface area (Å²) >= 11 is 0. The lowest BCUT2D eigenvalue weighted by molar-refractivity contribution is -0.167. The first-order chi connectivity index (χ1) is 28.5. The molecule has 58 heavy (non-hydrogen) atoms. The fraction of sp³-hybridized carbons (Fsp3) is 0.712. The molecule has 0 aromatic heterocycles. The fourth-order valence-corrected chi connectivity index (χ4v) is 6.33. The van der Waals surface area contributed by atoms with Crippen LogP contribution in [0.5, 0.6) is 0 Å². The van der Waals surface area contributed by atoms with Gasteiger partial charge in [0.05, 0.1) is 0 Å². The third-order valence-electron chi connectivity index (χ3n) is 9.94. The van der Waals surface area contributed by atoms with Crippen LogP contribution >= 0.6 is 0 Å². The topological polar surface area (TPSA) is 78.9 Å². The second kappa shape index (κ2) is 46.5. The lowest BCUT2D eigenvalue weighted by Gasteiger charge is -2.18. The van der Waals surface area contributed by atoms with Gasteiger partial charge < -0.3 is 14.2 Å². The molecule has 0 radical (unpaired) electrons. The molecule has 0 aliphatic rings. The molecule has 0 aliphatic heterocycles. The number of carbonyl (C=O) groups is 3. The average Bonchev–Trinajstić information content (AvgIpc) is 3.22. The quantitative estimate of drug-likeness (QED) is 0.0201. The molecule has 6 heteroatoms. The minimum absolute atomic E-state index is 0.0963. The maximum absolute atomic E-state index is 12.7. The minimum Gasteiger partial charge on any atom is -0.462 e. The molecular weight excluding hydrogens is 721 g/mol. The molecule has 1 unspecified atom stereocenters. The van der Waals surface area contributed by atoms with E-state index in [1.54, 1.807) is 0 Å². The maximum Gasteiger partial charge on any atom is 0.306 e. The molecule has 0 amide bonds. The predicted octanol–water partition coefficient (Wildman–Crippen LogP) is 15.5. The second-order valence-corrected chi connectivity index (χ2v) is 15.7. The first kappa shape index (κ1) is 54.9. The number of unbranched alkanes of at least 4 members (excludes halogenated alkanes) is 20. The smallest absolute Gasteiger partial charge is 0.306 e. The summed E-state index contributed by atoms with van der Waals surface area (Å²) in [5, 5.41) is 0. The van der Waals surface area contributed by atoms with E-state index in [0.29, 0.717) is 25.7 Å². The highest BCUT2D eigenvalue weighted by Crippen LogP contribution is 2.13. The molecule has 0 fully saturated rings. The van der Waals surface area contributed by atoms with E-state index in [1.807, 2.05) is 0 Å². The summed E-state index contributed by atoms with van der Waals surface area (Å²) in [5.74, 6) is -0.960. The van der Waals surface area contributed by atoms with Crippen LogP contribution in [0.15, 0.2) is 72.9 Å². The summed E-state index contributed by atoms with van der Waals surface area (Å²) in [6.45, 7) is 6.40. The van der Waals surface area contributed by atoms with Crippen molar-refractivity contribution in [1.29, 1.82) is 0 Å². The van der Waals surface area contributed by atoms with Gasteiger partial charge >= 0.3 is 17.9 Å². The van der Waals surface area contributed by atoms with Crippen molar-refractivity contribution < 1.29 is 28.6 Å². The van der Waals surface area contributed by atoms with Crippen LogP contribution < -0.4 is 0 Å². The van der Waals surface area contributed by atoms with Crippen molar-refractivity contribution in [2.75, 3.05) is 13.2 Å². The number of hydrogen-bond acceptors (Lipinski definition) is 6. The molecule has 0 saturated carbocycles. The van der Waals surface area contributed by atoms with Gasteiger partial charge in [0, 0.05) is 19.3 Å². The molecule has 0 aromatic rings. The van der Waals surface area contributed by atoms with Gasteiger partial charge in [-0.1, -0.05) is 177 Å². The first-order valence-electron chi connectivity index (χ1n) is 24.0. The van der Waals surface area contributed by atoms with Gasteiger partial charge in [-0.15, -0.1) is 0 Å². The molecule has 6 nitrogen and oxygen atoms in total. The van der Waals surface area contributed by atoms with E-state index in [-0.39, 0.29) is 31.1 Å². The Balaban J connectivity index is 4.41. The standard InChI is InChI=1S/C52H88O6/c1-4-7-10-13-16-19-21-23-25-27-28-30-33-36-39-42-45-51(54)57-48-49(47-56-50(53)44-41-38-35-32-18-15-12-9-6-3)58-52(55)46-43-40-37-34-31-29-26-24-22-20-17-14-11-8-5-2/h7,10,16-17,19-20,22-25,32,35,49H,4-6,8-9,11-15,18,21,26-31,33-34,36-48H2,1-3H3/b10-7-,19-16-,20-17-,24-22-,25-23-,35-32-. The van der Waals surface area contributed by atoms with Crippen molar-refractivity contribution in [3.8, 4) is 0 Å². The summed E-state index contributed by atoms with van der Waals surface area (Å²) in [4.78, 5) is 37.8. The number of carbonyl (C=O) groups excluding carboxylic acids is 3. The van der Waals surface area contributed by atoms with Crippen molar-refractivity contribution in [3.05, 3.63) is 72.9 Å². The van der Waals surface area contributed by atoms with Gasteiger partial charge in [-0.05, 0) is 96.3 Å². The van der Waals surface area contributed by atoms with Gasteiger partial charge in [0.2, 0.25) is 0 Å². The van der Waals surface area contributed by atoms with Crippen molar-refractivity contribution in [2.24, 2.45) is 0 Å². The molecule has 0 saturated heterocycles. The highest BCUT2D eigenvalue weighted by Gasteiger charge is 2.19. The van der Waals surface area contributed by atoms with Gasteiger partial charge in [0.1, 0.15) is 13.2 Å². The van der Waals surface area contributed by atoms with E-state index in [1.165, 1.54) is 83.5 Å². The van der Waals surface area contributed by atoms with E-state index >= 15 is 0 Å². The highest BCUT2D eigenvalue weighted by atomic mass is 16.6. The Labute approximate surface area is 357 Å². The predicted molar refractivity (Wildman–Crippen MR) is 247 cm³/mol. The zero-order valence-electron chi connectivity index (χ0n) is 37.8. The number of allylic oxidation sites excluding steroid dienone is 12. The van der Waals surface area contributed by atoms with Crippen LogP contribution in [0.4, 0.5) is 0 Å². The molecule has 0 heterocycles. The van der Waals surface area contributed by atoms with Crippen LogP contribution in [0, 0.1) is 0 Å². The van der Waals surface area contributed by atoms with E-state index in [9.17, 15) is 14.4 Å². The third kappa shape index (κ3) is 44.0. The largest absolute Gasteiger partial charge is 0.462 e. The van der Waals surface area contributed by atoms with E-state index in [0.717, 1.165) is 89.9 Å². The summed E-state index contributed by atoms with van der Waals surface area (Å²) in [6, 6.07) is 0. The Hall–Kier alpha value is -3.15. The molecule has 332 valence electrons. The monoisotopic (exact) mass is 809 g/mol. The molecule has 0 rings (SSSR count). The number of esters is 3. The lowest BCUT2D eigenvalue weighted by atomic mass is 10.1. The second-order valence-electron chi connectivity index (χ2n) is 15.7. The molecule has 0 bridgehead atoms. The minimum atomic E-state index is -0.796. The number of rotatable bonds is 42. The summed E-state index contributed by atoms with van der Waals surface area (Å²) < 4.78 is 16.7. The van der Waals surface area contributed by atoms with Crippen molar-refractivity contribution in [3.63, 3.8) is 0 Å². The average molecular weight is 809 g/mol. The van der Waals surface area contributed by atoms with Gasteiger partial charge in [-0.3, -0.25) is 14.4 Å². The SMILES string of the molecule is CC/C=C\C/C=C\C/C=C\CCCCCCCCC(=O)OCC(COC(=O)CCC/C=C\CCCCCC)OC(=O)CCCCCCCC/C=C\C=C/CCCCC. The van der Waals surface area contributed by atoms with E-state index in [4.69, 9.17) is 14.2 Å². The van der Waals surface area contributed by atoms with Crippen LogP contribution in [0.2, 0.25) is 0 Å². The number of ether oxygens (including phenoxy) is 3. The maximum atomic E-state index is 12.7. The van der Waals surface area contributed by atoms with Gasteiger partial charge in [-0.25, -0.2) is 0 Å². The van der Waals surface area contributed by atoms with Crippen LogP contribution in [0.3, 0.4) is 0 Å². The number of hydrogen-bond donors (Lipinski definition) is 0. The van der Waals surface area contributed by atoms with Crippen molar-refractivity contribution in [1.82, 2.24) is 0 Å². The summed E-state index contributed by atoms with van der Waals surface area (Å²) in [6.07, 6.45) is 57.5. The molecule has 0 spiro atoms. The van der Waals surface area contributed by atoms with Crippen LogP contribution in [-0.2, 0) is 28.6 Å². The van der Waals surface area contributed by atoms with Crippen LogP contribution in [0.1, 0.15) is 220 Å². The van der Waals surface area contributed by atoms with Gasteiger partial charge in [0.15, 0.2) is 6.10 Å². The van der Waals surface area contributed by atoms with Crippen LogP contribution in [0.25, 0.3) is 0 Å². The Kier molecular flexibility index (Phi) is 44.0. The Morgan fingerprint density at radius 2 is 0.741 bits per heavy atom. The molecule has 0 aromatic carbocycles. The molecular formula is C52H88O6. The zero-order valence-corrected chi connectivity index (χ0v) is 37.8. The van der Waals surface area contributed by atoms with Crippen molar-refractivity contribution in [2.45, 2.75) is 226 Å². The summed E-state index contributed by atoms with van der Waals surface area (Å²) in [7, 11) is 0. The fourth-order valence-electron chi connectivity index (χ4n) is 6.33. The van der Waals surface area contributed by atoms with E-state index in [2.05, 4.69) is 93.7 Å². The Morgan fingerprint density at radius 3 is 1.28 bits per heavy atom. The van der Waals surface area contributed by atoms with Gasteiger partial charge in [0.25, 0.3) is 0 Å². The first-order valence-corrected chi connectivity index (χ1v) is 24.0. The van der Waals surface area contributed by atoms with Gasteiger partial charge in [-0.2, -0.15) is 0 Å². The molecule has 1 atom stereocenters. The third-order valence-corrected chi connectivity index (χ3v) is 9.94. The lowest BCUT2D eigenvalue weighted by Crippen LogP contribution is -2.30. The Bertz CT molecular complexity index is 1110. The molecule has 0 aliphatic carbocycles. The summed E-state index contributed by atoms with van der Waals surface area (Å²) in [5.41, 5.74) is 0. The normalized spacial score (nSPS) is 12.7.